The first-order valence-electron chi connectivity index (χ1n) is 9.68. The van der Waals surface area contributed by atoms with Crippen molar-refractivity contribution in [2.75, 3.05) is 18.6 Å². The minimum Gasteiger partial charge on any atom is -0.496 e. The van der Waals surface area contributed by atoms with E-state index in [4.69, 9.17) is 14.9 Å². The summed E-state index contributed by atoms with van der Waals surface area (Å²) in [5, 5.41) is 9.67. The van der Waals surface area contributed by atoms with Crippen LogP contribution in [0.15, 0.2) is 42.5 Å². The molecule has 7 nitrogen and oxygen atoms in total. The van der Waals surface area contributed by atoms with Crippen molar-refractivity contribution in [3.8, 4) is 5.75 Å². The van der Waals surface area contributed by atoms with Gasteiger partial charge >= 0.3 is 0 Å². The highest BCUT2D eigenvalue weighted by molar-refractivity contribution is 5.91. The van der Waals surface area contributed by atoms with E-state index in [-0.39, 0.29) is 6.42 Å². The lowest BCUT2D eigenvalue weighted by atomic mass is 10.1. The Morgan fingerprint density at radius 2 is 2.00 bits per heavy atom. The molecule has 3 rings (SSSR count). The quantitative estimate of drug-likeness (QED) is 0.445. The lowest BCUT2D eigenvalue weighted by Crippen LogP contribution is -2.19. The number of hydrogen-bond donors (Lipinski definition) is 2. The van der Waals surface area contributed by atoms with Crippen LogP contribution in [-0.4, -0.2) is 34.7 Å². The van der Waals surface area contributed by atoms with Crippen molar-refractivity contribution in [2.24, 2.45) is 0 Å². The van der Waals surface area contributed by atoms with E-state index in [1.165, 1.54) is 0 Å². The third kappa shape index (κ3) is 4.63. The number of ether oxygens (including phenoxy) is 1. The van der Waals surface area contributed by atoms with E-state index in [1.807, 2.05) is 43.3 Å². The molecule has 29 heavy (non-hydrogen) atoms. The number of carbonyl (C=O) groups excluding carboxylic acids is 1. The number of methoxy groups -OCH3 is 1. The van der Waals surface area contributed by atoms with Gasteiger partial charge in [-0.15, -0.1) is 0 Å². The second-order valence-electron chi connectivity index (χ2n) is 6.74. The van der Waals surface area contributed by atoms with Crippen molar-refractivity contribution in [1.29, 1.82) is 0 Å². The molecular formula is C22H26N4O3. The van der Waals surface area contributed by atoms with Crippen LogP contribution >= 0.6 is 0 Å². The zero-order chi connectivity index (χ0) is 20.8. The Morgan fingerprint density at radius 1 is 1.21 bits per heavy atom. The standard InChI is InChI=1S/C22H26N4O3/c1-4-26(22-18-9-5-6-10-19(18)23-15(2)24-22)17-12-13-20(29-3)16(14-17)8-7-11-21(27)25-28/h5-6,9-10,12-14,28H,4,7-8,11H2,1-3H3,(H,25,27). The van der Waals surface area contributed by atoms with Gasteiger partial charge in [0.2, 0.25) is 5.91 Å². The lowest BCUT2D eigenvalue weighted by molar-refractivity contribution is -0.129. The number of nitrogens with zero attached hydrogens (tertiary/aromatic N) is 3. The summed E-state index contributed by atoms with van der Waals surface area (Å²) in [5.74, 6) is 1.98. The number of rotatable bonds is 8. The third-order valence-electron chi connectivity index (χ3n) is 4.82. The topological polar surface area (TPSA) is 87.6 Å². The van der Waals surface area contributed by atoms with Crippen LogP contribution in [0, 0.1) is 6.92 Å². The summed E-state index contributed by atoms with van der Waals surface area (Å²) in [5.41, 5.74) is 4.59. The Balaban J connectivity index is 1.98. The number of nitrogens with one attached hydrogen (secondary N) is 1. The Hall–Kier alpha value is -3.19. The molecule has 0 aliphatic heterocycles. The fourth-order valence-electron chi connectivity index (χ4n) is 3.46. The number of hydrogen-bond acceptors (Lipinski definition) is 6. The highest BCUT2D eigenvalue weighted by atomic mass is 16.5. The molecule has 1 amide bonds. The number of amides is 1. The molecule has 7 heteroatoms. The fourth-order valence-corrected chi connectivity index (χ4v) is 3.46. The lowest BCUT2D eigenvalue weighted by Gasteiger charge is -2.25. The minimum atomic E-state index is -0.391. The molecule has 0 bridgehead atoms. The SMILES string of the molecule is CCN(c1ccc(OC)c(CCCC(=O)NO)c1)c1nc(C)nc2ccccc12. The summed E-state index contributed by atoms with van der Waals surface area (Å²) in [6.45, 7) is 4.72. The van der Waals surface area contributed by atoms with E-state index in [0.717, 1.165) is 46.1 Å². The number of hydroxylamine groups is 1. The second-order valence-corrected chi connectivity index (χ2v) is 6.74. The Kier molecular flexibility index (Phi) is 6.61. The molecule has 0 saturated carbocycles. The van der Waals surface area contributed by atoms with Gasteiger partial charge in [-0.05, 0) is 62.6 Å². The molecular weight excluding hydrogens is 368 g/mol. The van der Waals surface area contributed by atoms with Gasteiger partial charge in [0.25, 0.3) is 0 Å². The molecule has 0 unspecified atom stereocenters. The highest BCUT2D eigenvalue weighted by Crippen LogP contribution is 2.33. The molecule has 0 aliphatic carbocycles. The van der Waals surface area contributed by atoms with E-state index in [2.05, 4.69) is 22.9 Å². The van der Waals surface area contributed by atoms with Gasteiger partial charge in [-0.1, -0.05) is 12.1 Å². The van der Waals surface area contributed by atoms with Crippen molar-refractivity contribution in [3.05, 3.63) is 53.9 Å². The Labute approximate surface area is 170 Å². The number of carbonyl (C=O) groups is 1. The average molecular weight is 394 g/mol. The van der Waals surface area contributed by atoms with Gasteiger partial charge in [0.1, 0.15) is 17.4 Å². The van der Waals surface area contributed by atoms with Crippen LogP contribution in [0.25, 0.3) is 10.9 Å². The summed E-state index contributed by atoms with van der Waals surface area (Å²) in [4.78, 5) is 22.7. The first-order valence-corrected chi connectivity index (χ1v) is 9.68. The second kappa shape index (κ2) is 9.34. The molecule has 0 fully saturated rings. The molecule has 152 valence electrons. The highest BCUT2D eigenvalue weighted by Gasteiger charge is 2.16. The molecule has 2 N–H and O–H groups in total. The number of para-hydroxylation sites is 1. The fraction of sp³-hybridized carbons (Fsp3) is 0.318. The van der Waals surface area contributed by atoms with Crippen LogP contribution in [0.3, 0.4) is 0 Å². The normalized spacial score (nSPS) is 10.8. The van der Waals surface area contributed by atoms with Crippen LogP contribution in [0.4, 0.5) is 11.5 Å². The third-order valence-corrected chi connectivity index (χ3v) is 4.82. The first kappa shape index (κ1) is 20.5. The van der Waals surface area contributed by atoms with Gasteiger partial charge < -0.3 is 9.64 Å². The zero-order valence-electron chi connectivity index (χ0n) is 17.0. The van der Waals surface area contributed by atoms with Gasteiger partial charge in [0.05, 0.1) is 12.6 Å². The van der Waals surface area contributed by atoms with E-state index in [9.17, 15) is 4.79 Å². The predicted molar refractivity (Wildman–Crippen MR) is 113 cm³/mol. The zero-order valence-corrected chi connectivity index (χ0v) is 17.0. The smallest absolute Gasteiger partial charge is 0.243 e. The van der Waals surface area contributed by atoms with Gasteiger partial charge in [0.15, 0.2) is 0 Å². The minimum absolute atomic E-state index is 0.247. The predicted octanol–water partition coefficient (Wildman–Crippen LogP) is 3.93. The van der Waals surface area contributed by atoms with E-state index >= 15 is 0 Å². The van der Waals surface area contributed by atoms with E-state index in [0.29, 0.717) is 12.8 Å². The van der Waals surface area contributed by atoms with Crippen LogP contribution in [0.5, 0.6) is 5.75 Å². The van der Waals surface area contributed by atoms with Crippen molar-refractivity contribution >= 4 is 28.3 Å². The van der Waals surface area contributed by atoms with Crippen molar-refractivity contribution in [3.63, 3.8) is 0 Å². The number of fused-ring (bicyclic) bond motifs is 1. The summed E-state index contributed by atoms with van der Waals surface area (Å²) >= 11 is 0. The van der Waals surface area contributed by atoms with Crippen molar-refractivity contribution < 1.29 is 14.7 Å². The summed E-state index contributed by atoms with van der Waals surface area (Å²) in [6.07, 6.45) is 1.51. The van der Waals surface area contributed by atoms with E-state index in [1.54, 1.807) is 12.6 Å². The molecule has 0 radical (unpaired) electrons. The van der Waals surface area contributed by atoms with Crippen LogP contribution in [0.2, 0.25) is 0 Å². The molecule has 0 aliphatic rings. The van der Waals surface area contributed by atoms with E-state index < -0.39 is 5.91 Å². The Bertz CT molecular complexity index is 1010. The summed E-state index contributed by atoms with van der Waals surface area (Å²) in [6, 6.07) is 14.0. The molecule has 1 aromatic heterocycles. The Morgan fingerprint density at radius 3 is 2.72 bits per heavy atom. The first-order chi connectivity index (χ1) is 14.1. The maximum atomic E-state index is 11.3. The maximum Gasteiger partial charge on any atom is 0.243 e. The number of benzene rings is 2. The molecule has 0 atom stereocenters. The molecule has 0 saturated heterocycles. The number of anilines is 2. The molecule has 1 heterocycles. The summed E-state index contributed by atoms with van der Waals surface area (Å²) in [7, 11) is 1.64. The maximum absolute atomic E-state index is 11.3. The largest absolute Gasteiger partial charge is 0.496 e. The van der Waals surface area contributed by atoms with Crippen LogP contribution in [0.1, 0.15) is 31.2 Å². The monoisotopic (exact) mass is 394 g/mol. The molecule has 2 aromatic carbocycles. The number of aromatic nitrogens is 2. The van der Waals surface area contributed by atoms with Gasteiger partial charge in [0, 0.05) is 24.0 Å². The molecule has 0 spiro atoms. The van der Waals surface area contributed by atoms with Crippen LogP contribution < -0.4 is 15.1 Å². The van der Waals surface area contributed by atoms with Gasteiger partial charge in [-0.25, -0.2) is 15.4 Å². The average Bonchev–Trinajstić information content (AvgIpc) is 2.74. The number of aryl methyl sites for hydroxylation is 2. The van der Waals surface area contributed by atoms with Crippen LogP contribution in [-0.2, 0) is 11.2 Å². The van der Waals surface area contributed by atoms with Gasteiger partial charge in [-0.3, -0.25) is 10.0 Å². The van der Waals surface area contributed by atoms with Crippen molar-refractivity contribution in [2.45, 2.75) is 33.1 Å². The molecule has 3 aromatic rings. The van der Waals surface area contributed by atoms with Crippen molar-refractivity contribution in [1.82, 2.24) is 15.4 Å². The van der Waals surface area contributed by atoms with Gasteiger partial charge in [-0.2, -0.15) is 0 Å². The summed E-state index contributed by atoms with van der Waals surface area (Å²) < 4.78 is 5.50.